The van der Waals surface area contributed by atoms with E-state index in [9.17, 15) is 0 Å². The maximum Gasteiger partial charge on any atom is 0.145 e. The highest BCUT2D eigenvalue weighted by Gasteiger charge is 2.28. The van der Waals surface area contributed by atoms with Gasteiger partial charge in [-0.15, -0.1) is 0 Å². The largest absolute Gasteiger partial charge is 0.322 e. The fraction of sp³-hybridized carbons (Fsp3) is 0.692. The molecule has 2 N–H and O–H groups in total. The Bertz CT molecular complexity index is 408. The van der Waals surface area contributed by atoms with Crippen LogP contribution in [0.15, 0.2) is 0 Å². The van der Waals surface area contributed by atoms with Gasteiger partial charge in [0, 0.05) is 11.4 Å². The zero-order valence-electron chi connectivity index (χ0n) is 10.7. The lowest BCUT2D eigenvalue weighted by Crippen LogP contribution is -2.26. The van der Waals surface area contributed by atoms with Gasteiger partial charge in [-0.1, -0.05) is 13.8 Å². The van der Waals surface area contributed by atoms with Gasteiger partial charge in [0.2, 0.25) is 0 Å². The van der Waals surface area contributed by atoms with Crippen molar-refractivity contribution in [2.75, 3.05) is 0 Å². The molecule has 88 valence electrons. The van der Waals surface area contributed by atoms with E-state index in [1.54, 1.807) is 0 Å². The van der Waals surface area contributed by atoms with Gasteiger partial charge in [-0.05, 0) is 44.1 Å². The monoisotopic (exact) mass is 219 g/mol. The van der Waals surface area contributed by atoms with E-state index in [0.717, 1.165) is 24.4 Å². The minimum absolute atomic E-state index is 0.0704. The van der Waals surface area contributed by atoms with E-state index < -0.39 is 0 Å². The van der Waals surface area contributed by atoms with Gasteiger partial charge in [-0.3, -0.25) is 0 Å². The van der Waals surface area contributed by atoms with Crippen LogP contribution in [0, 0.1) is 12.3 Å². The lowest BCUT2D eigenvalue weighted by atomic mass is 9.75. The molecule has 16 heavy (non-hydrogen) atoms. The molecule has 1 atom stereocenters. The number of nitrogens with two attached hydrogens (primary N) is 1. The predicted octanol–water partition coefficient (Wildman–Crippen LogP) is 2.32. The Morgan fingerprint density at radius 1 is 1.31 bits per heavy atom. The SMILES string of the molecule is Cc1nc(C(C)N)nc2c1CC(C)(C)CC2. The van der Waals surface area contributed by atoms with Crippen molar-refractivity contribution >= 4 is 0 Å². The third kappa shape index (κ3) is 2.09. The summed E-state index contributed by atoms with van der Waals surface area (Å²) >= 11 is 0. The molecular formula is C13H21N3. The highest BCUT2D eigenvalue weighted by Crippen LogP contribution is 2.35. The Balaban J connectivity index is 2.44. The van der Waals surface area contributed by atoms with E-state index in [4.69, 9.17) is 5.73 Å². The van der Waals surface area contributed by atoms with Crippen LogP contribution in [0.4, 0.5) is 0 Å². The molecule has 1 aromatic rings. The summed E-state index contributed by atoms with van der Waals surface area (Å²) in [7, 11) is 0. The van der Waals surface area contributed by atoms with Gasteiger partial charge < -0.3 is 5.73 Å². The Morgan fingerprint density at radius 3 is 2.62 bits per heavy atom. The summed E-state index contributed by atoms with van der Waals surface area (Å²) < 4.78 is 0. The van der Waals surface area contributed by atoms with E-state index in [0.29, 0.717) is 5.41 Å². The van der Waals surface area contributed by atoms with E-state index in [-0.39, 0.29) is 6.04 Å². The number of hydrogen-bond donors (Lipinski definition) is 1. The van der Waals surface area contributed by atoms with Crippen molar-refractivity contribution in [3.05, 3.63) is 22.8 Å². The van der Waals surface area contributed by atoms with Gasteiger partial charge >= 0.3 is 0 Å². The second-order valence-electron chi connectivity index (χ2n) is 5.72. The number of fused-ring (bicyclic) bond motifs is 1. The number of nitrogens with zero attached hydrogens (tertiary/aromatic N) is 2. The Hall–Kier alpha value is -0.960. The molecule has 0 bridgehead atoms. The molecule has 1 unspecified atom stereocenters. The third-order valence-corrected chi connectivity index (χ3v) is 3.42. The van der Waals surface area contributed by atoms with Crippen LogP contribution in [0.5, 0.6) is 0 Å². The van der Waals surface area contributed by atoms with Gasteiger partial charge in [0.1, 0.15) is 5.82 Å². The van der Waals surface area contributed by atoms with Crippen molar-refractivity contribution in [1.82, 2.24) is 9.97 Å². The zero-order chi connectivity index (χ0) is 11.9. The van der Waals surface area contributed by atoms with Crippen molar-refractivity contribution in [2.24, 2.45) is 11.1 Å². The number of aromatic nitrogens is 2. The highest BCUT2D eigenvalue weighted by molar-refractivity contribution is 5.29. The quantitative estimate of drug-likeness (QED) is 0.788. The molecule has 1 aliphatic carbocycles. The Kier molecular flexibility index (Phi) is 2.74. The second kappa shape index (κ2) is 3.81. The molecular weight excluding hydrogens is 198 g/mol. The lowest BCUT2D eigenvalue weighted by Gasteiger charge is -2.31. The first kappa shape index (κ1) is 11.5. The van der Waals surface area contributed by atoms with Crippen LogP contribution in [0.3, 0.4) is 0 Å². The normalized spacial score (nSPS) is 20.3. The number of rotatable bonds is 1. The van der Waals surface area contributed by atoms with E-state index in [2.05, 4.69) is 30.7 Å². The fourth-order valence-corrected chi connectivity index (χ4v) is 2.34. The molecule has 0 spiro atoms. The topological polar surface area (TPSA) is 51.8 Å². The van der Waals surface area contributed by atoms with Gasteiger partial charge in [-0.25, -0.2) is 9.97 Å². The van der Waals surface area contributed by atoms with Crippen LogP contribution >= 0.6 is 0 Å². The predicted molar refractivity (Wildman–Crippen MR) is 65.2 cm³/mol. The van der Waals surface area contributed by atoms with E-state index in [1.165, 1.54) is 17.7 Å². The van der Waals surface area contributed by atoms with Crippen molar-refractivity contribution in [3.8, 4) is 0 Å². The summed E-state index contributed by atoms with van der Waals surface area (Å²) in [6, 6.07) is -0.0704. The second-order valence-corrected chi connectivity index (χ2v) is 5.72. The molecule has 0 saturated heterocycles. The standard InChI is InChI=1S/C13H21N3/c1-8(14)12-15-9(2)10-7-13(3,4)6-5-11(10)16-12/h8H,5-7,14H2,1-4H3. The average Bonchev–Trinajstić information content (AvgIpc) is 2.18. The zero-order valence-corrected chi connectivity index (χ0v) is 10.7. The van der Waals surface area contributed by atoms with Crippen molar-refractivity contribution in [3.63, 3.8) is 0 Å². The number of aryl methyl sites for hydroxylation is 2. The van der Waals surface area contributed by atoms with Crippen LogP contribution in [0.2, 0.25) is 0 Å². The van der Waals surface area contributed by atoms with Crippen LogP contribution < -0.4 is 5.73 Å². The number of hydrogen-bond acceptors (Lipinski definition) is 3. The highest BCUT2D eigenvalue weighted by atomic mass is 14.9. The van der Waals surface area contributed by atoms with Crippen LogP contribution in [0.25, 0.3) is 0 Å². The lowest BCUT2D eigenvalue weighted by molar-refractivity contribution is 0.309. The molecule has 3 heteroatoms. The first-order chi connectivity index (χ1) is 7.39. The minimum Gasteiger partial charge on any atom is -0.322 e. The summed E-state index contributed by atoms with van der Waals surface area (Å²) in [6.07, 6.45) is 3.35. The van der Waals surface area contributed by atoms with E-state index in [1.807, 2.05) is 6.92 Å². The first-order valence-corrected chi connectivity index (χ1v) is 6.01. The molecule has 0 amide bonds. The smallest absolute Gasteiger partial charge is 0.145 e. The summed E-state index contributed by atoms with van der Waals surface area (Å²) in [5.74, 6) is 0.788. The minimum atomic E-state index is -0.0704. The molecule has 0 radical (unpaired) electrons. The molecule has 0 saturated carbocycles. The Labute approximate surface area is 97.5 Å². The van der Waals surface area contributed by atoms with Gasteiger partial charge in [-0.2, -0.15) is 0 Å². The van der Waals surface area contributed by atoms with Gasteiger partial charge in [0.25, 0.3) is 0 Å². The van der Waals surface area contributed by atoms with Crippen molar-refractivity contribution in [2.45, 2.75) is 53.0 Å². The molecule has 1 aromatic heterocycles. The maximum absolute atomic E-state index is 5.84. The average molecular weight is 219 g/mol. The third-order valence-electron chi connectivity index (χ3n) is 3.42. The van der Waals surface area contributed by atoms with Crippen molar-refractivity contribution < 1.29 is 0 Å². The molecule has 2 rings (SSSR count). The van der Waals surface area contributed by atoms with Crippen LogP contribution in [-0.4, -0.2) is 9.97 Å². The fourth-order valence-electron chi connectivity index (χ4n) is 2.34. The van der Waals surface area contributed by atoms with Crippen molar-refractivity contribution in [1.29, 1.82) is 0 Å². The molecule has 0 aromatic carbocycles. The maximum atomic E-state index is 5.84. The summed E-state index contributed by atoms with van der Waals surface area (Å²) in [4.78, 5) is 9.12. The van der Waals surface area contributed by atoms with Crippen LogP contribution in [0.1, 0.15) is 56.0 Å². The summed E-state index contributed by atoms with van der Waals surface area (Å²) in [6.45, 7) is 8.64. The van der Waals surface area contributed by atoms with Gasteiger partial charge in [0.15, 0.2) is 0 Å². The van der Waals surface area contributed by atoms with Crippen LogP contribution in [-0.2, 0) is 12.8 Å². The summed E-state index contributed by atoms with van der Waals surface area (Å²) in [5.41, 5.74) is 9.91. The first-order valence-electron chi connectivity index (χ1n) is 6.01. The summed E-state index contributed by atoms with van der Waals surface area (Å²) in [5, 5.41) is 0. The molecule has 1 heterocycles. The molecule has 0 fully saturated rings. The Morgan fingerprint density at radius 2 is 2.00 bits per heavy atom. The van der Waals surface area contributed by atoms with Gasteiger partial charge in [0.05, 0.1) is 6.04 Å². The molecule has 1 aliphatic rings. The molecule has 0 aliphatic heterocycles. The van der Waals surface area contributed by atoms with E-state index >= 15 is 0 Å². The molecule has 3 nitrogen and oxygen atoms in total.